The fourth-order valence-corrected chi connectivity index (χ4v) is 2.60. The van der Waals surface area contributed by atoms with Crippen LogP contribution < -0.4 is 0 Å². The zero-order chi connectivity index (χ0) is 9.26. The fraction of sp³-hybridized carbons (Fsp3) is 0.364. The highest BCUT2D eigenvalue weighted by Gasteiger charge is 2.16. The molecule has 13 heavy (non-hydrogen) atoms. The van der Waals surface area contributed by atoms with Crippen molar-refractivity contribution in [1.82, 2.24) is 0 Å². The molecule has 1 aliphatic rings. The van der Waals surface area contributed by atoms with Crippen molar-refractivity contribution >= 4 is 17.5 Å². The van der Waals surface area contributed by atoms with Crippen LogP contribution >= 0.6 is 11.8 Å². The summed E-state index contributed by atoms with van der Waals surface area (Å²) < 4.78 is 0. The van der Waals surface area contributed by atoms with Crippen LogP contribution in [0.3, 0.4) is 0 Å². The third-order valence-corrected chi connectivity index (χ3v) is 3.40. The number of ketones is 1. The second-order valence-corrected chi connectivity index (χ2v) is 4.34. The molecule has 0 atom stereocenters. The summed E-state index contributed by atoms with van der Waals surface area (Å²) in [4.78, 5) is 12.6. The highest BCUT2D eigenvalue weighted by atomic mass is 32.2. The summed E-state index contributed by atoms with van der Waals surface area (Å²) in [6, 6.07) is 6.18. The summed E-state index contributed by atoms with van der Waals surface area (Å²) in [5.41, 5.74) is 2.24. The first-order chi connectivity index (χ1) is 6.31. The van der Waals surface area contributed by atoms with E-state index in [1.54, 1.807) is 11.8 Å². The molecular weight excluding hydrogens is 180 g/mol. The Hall–Kier alpha value is -0.760. The van der Waals surface area contributed by atoms with Crippen molar-refractivity contribution in [3.8, 4) is 0 Å². The van der Waals surface area contributed by atoms with Crippen molar-refractivity contribution in [3.63, 3.8) is 0 Å². The molecule has 1 aromatic carbocycles. The molecule has 68 valence electrons. The van der Waals surface area contributed by atoms with Gasteiger partial charge in [-0.3, -0.25) is 4.79 Å². The molecule has 0 aliphatic carbocycles. The maximum atomic E-state index is 11.5. The highest BCUT2D eigenvalue weighted by Crippen LogP contribution is 2.30. The molecule has 1 heterocycles. The molecule has 0 amide bonds. The van der Waals surface area contributed by atoms with Crippen LogP contribution in [0.5, 0.6) is 0 Å². The summed E-state index contributed by atoms with van der Waals surface area (Å²) in [5, 5.41) is 0. The Kier molecular flexibility index (Phi) is 2.40. The first-order valence-corrected chi connectivity index (χ1v) is 5.58. The minimum atomic E-state index is 0.302. The van der Waals surface area contributed by atoms with Gasteiger partial charge in [0.2, 0.25) is 0 Å². The highest BCUT2D eigenvalue weighted by molar-refractivity contribution is 7.99. The zero-order valence-electron chi connectivity index (χ0n) is 7.67. The maximum absolute atomic E-state index is 11.5. The minimum absolute atomic E-state index is 0.302. The average molecular weight is 192 g/mol. The minimum Gasteiger partial charge on any atom is -0.294 e. The second kappa shape index (κ2) is 3.54. The Bertz CT molecular complexity index is 344. The molecular formula is C11H12OS. The molecule has 0 N–H and O–H groups in total. The molecule has 0 unspecified atom stereocenters. The van der Waals surface area contributed by atoms with Gasteiger partial charge in [-0.25, -0.2) is 0 Å². The molecule has 0 saturated heterocycles. The van der Waals surface area contributed by atoms with Crippen LogP contribution in [0, 0.1) is 0 Å². The lowest BCUT2D eigenvalue weighted by molar-refractivity contribution is 0.0985. The third-order valence-electron chi connectivity index (χ3n) is 2.34. The van der Waals surface area contributed by atoms with Crippen molar-refractivity contribution in [2.24, 2.45) is 0 Å². The van der Waals surface area contributed by atoms with Crippen molar-refractivity contribution in [1.29, 1.82) is 0 Å². The number of fused-ring (bicyclic) bond motifs is 1. The van der Waals surface area contributed by atoms with Gasteiger partial charge in [0.25, 0.3) is 0 Å². The molecule has 1 aromatic rings. The molecule has 0 aromatic heterocycles. The van der Waals surface area contributed by atoms with E-state index in [0.29, 0.717) is 12.2 Å². The zero-order valence-corrected chi connectivity index (χ0v) is 8.49. The lowest BCUT2D eigenvalue weighted by Gasteiger charge is -2.14. The third kappa shape index (κ3) is 1.63. The van der Waals surface area contributed by atoms with Gasteiger partial charge in [-0.2, -0.15) is 0 Å². The Morgan fingerprint density at radius 3 is 3.08 bits per heavy atom. The van der Waals surface area contributed by atoms with E-state index in [0.717, 1.165) is 17.7 Å². The van der Waals surface area contributed by atoms with Crippen molar-refractivity contribution in [3.05, 3.63) is 29.3 Å². The van der Waals surface area contributed by atoms with Gasteiger partial charge in [0.15, 0.2) is 5.78 Å². The molecule has 0 fully saturated rings. The van der Waals surface area contributed by atoms with Crippen molar-refractivity contribution in [2.75, 3.05) is 5.75 Å². The van der Waals surface area contributed by atoms with Crippen LogP contribution in [-0.2, 0) is 6.42 Å². The molecule has 1 nitrogen and oxygen atoms in total. The number of Topliss-reactive ketones (excluding diaryl/α,β-unsaturated/α-hetero) is 1. The largest absolute Gasteiger partial charge is 0.294 e. The van der Waals surface area contributed by atoms with E-state index < -0.39 is 0 Å². The van der Waals surface area contributed by atoms with E-state index in [1.807, 2.05) is 6.07 Å². The van der Waals surface area contributed by atoms with E-state index in [4.69, 9.17) is 0 Å². The van der Waals surface area contributed by atoms with Gasteiger partial charge in [-0.15, -0.1) is 11.8 Å². The lowest BCUT2D eigenvalue weighted by atomic mass is 10.0. The topological polar surface area (TPSA) is 17.1 Å². The number of carbonyl (C=O) groups is 1. The number of rotatable bonds is 1. The smallest absolute Gasteiger partial charge is 0.164 e. The van der Waals surface area contributed by atoms with E-state index in [1.165, 1.54) is 10.5 Å². The molecule has 0 spiro atoms. The van der Waals surface area contributed by atoms with Crippen LogP contribution in [0.2, 0.25) is 0 Å². The van der Waals surface area contributed by atoms with Crippen LogP contribution in [0.1, 0.15) is 29.3 Å². The predicted octanol–water partition coefficient (Wildman–Crippen LogP) is 2.93. The summed E-state index contributed by atoms with van der Waals surface area (Å²) in [6.07, 6.45) is 1.74. The molecule has 1 aliphatic heterocycles. The summed E-state index contributed by atoms with van der Waals surface area (Å²) in [5.74, 6) is 1.25. The van der Waals surface area contributed by atoms with E-state index in [2.05, 4.69) is 19.1 Å². The molecule has 2 heteroatoms. The van der Waals surface area contributed by atoms with Crippen LogP contribution in [0.25, 0.3) is 0 Å². The standard InChI is InChI=1S/C11H12OS/c1-2-8-3-4-9-10(12)5-6-13-11(9)7-8/h3-4,7H,2,5-6H2,1H3. The Labute approximate surface area is 82.5 Å². The number of carbonyl (C=O) groups excluding carboxylic acids is 1. The van der Waals surface area contributed by atoms with Gasteiger partial charge < -0.3 is 0 Å². The molecule has 2 rings (SSSR count). The second-order valence-electron chi connectivity index (χ2n) is 3.21. The number of aryl methyl sites for hydroxylation is 1. The maximum Gasteiger partial charge on any atom is 0.164 e. The van der Waals surface area contributed by atoms with E-state index >= 15 is 0 Å². The van der Waals surface area contributed by atoms with Crippen molar-refractivity contribution < 1.29 is 4.79 Å². The number of hydrogen-bond donors (Lipinski definition) is 0. The normalized spacial score (nSPS) is 15.6. The fourth-order valence-electron chi connectivity index (χ4n) is 1.52. The first kappa shape index (κ1) is 8.82. The van der Waals surface area contributed by atoms with Crippen LogP contribution in [0.15, 0.2) is 23.1 Å². The number of hydrogen-bond acceptors (Lipinski definition) is 2. The van der Waals surface area contributed by atoms with Crippen LogP contribution in [0.4, 0.5) is 0 Å². The van der Waals surface area contributed by atoms with Crippen molar-refractivity contribution in [2.45, 2.75) is 24.7 Å². The monoisotopic (exact) mass is 192 g/mol. The predicted molar refractivity (Wildman–Crippen MR) is 55.5 cm³/mol. The quantitative estimate of drug-likeness (QED) is 0.680. The van der Waals surface area contributed by atoms with Crippen LogP contribution in [-0.4, -0.2) is 11.5 Å². The molecule has 0 saturated carbocycles. The SMILES string of the molecule is CCc1ccc2c(c1)SCCC2=O. The van der Waals surface area contributed by atoms with Gasteiger partial charge in [0, 0.05) is 22.6 Å². The van der Waals surface area contributed by atoms with Gasteiger partial charge in [0.05, 0.1) is 0 Å². The van der Waals surface area contributed by atoms with E-state index in [-0.39, 0.29) is 0 Å². The van der Waals surface area contributed by atoms with Gasteiger partial charge in [-0.05, 0) is 18.1 Å². The average Bonchev–Trinajstić information content (AvgIpc) is 2.18. The van der Waals surface area contributed by atoms with Gasteiger partial charge in [0.1, 0.15) is 0 Å². The lowest BCUT2D eigenvalue weighted by Crippen LogP contribution is -2.08. The summed E-state index contributed by atoms with van der Waals surface area (Å²) in [7, 11) is 0. The van der Waals surface area contributed by atoms with Gasteiger partial charge >= 0.3 is 0 Å². The van der Waals surface area contributed by atoms with E-state index in [9.17, 15) is 4.79 Å². The Balaban J connectivity index is 2.45. The summed E-state index contributed by atoms with van der Waals surface area (Å²) >= 11 is 1.80. The van der Waals surface area contributed by atoms with Gasteiger partial charge in [-0.1, -0.05) is 19.1 Å². The molecule has 0 bridgehead atoms. The number of thioether (sulfide) groups is 1. The summed E-state index contributed by atoms with van der Waals surface area (Å²) in [6.45, 7) is 2.14. The Morgan fingerprint density at radius 2 is 2.31 bits per heavy atom. The number of benzene rings is 1. The molecule has 0 radical (unpaired) electrons. The first-order valence-electron chi connectivity index (χ1n) is 4.60. The Morgan fingerprint density at radius 1 is 1.46 bits per heavy atom.